The van der Waals surface area contributed by atoms with E-state index in [1.165, 1.54) is 0 Å². The summed E-state index contributed by atoms with van der Waals surface area (Å²) in [6, 6.07) is 7.70. The molecule has 1 atom stereocenters. The third kappa shape index (κ3) is 8.01. The molecule has 0 aliphatic rings. The molecule has 0 radical (unpaired) electrons. The van der Waals surface area contributed by atoms with Crippen molar-refractivity contribution in [3.05, 3.63) is 29.8 Å². The maximum absolute atomic E-state index is 12.2. The summed E-state index contributed by atoms with van der Waals surface area (Å²) in [5.74, 6) is 0.713. The lowest BCUT2D eigenvalue weighted by atomic mass is 10.1. The number of likely N-dealkylation sites (N-methyl/N-ethyl adjacent to an activating group) is 1. The summed E-state index contributed by atoms with van der Waals surface area (Å²) in [6.45, 7) is 7.10. The molecule has 0 amide bonds. The van der Waals surface area contributed by atoms with Crippen LogP contribution in [-0.4, -0.2) is 72.7 Å². The molecule has 0 aromatic heterocycles. The van der Waals surface area contributed by atoms with Crippen LogP contribution in [0, 0.1) is 0 Å². The SMILES string of the molecule is CCN(CC)C(CNS(=O)(=O)CCOCCOC)c1ccc(OC)cc1. The average Bonchev–Trinajstić information content (AvgIpc) is 2.65. The fourth-order valence-electron chi connectivity index (χ4n) is 2.64. The van der Waals surface area contributed by atoms with Crippen molar-refractivity contribution < 1.29 is 22.6 Å². The molecule has 150 valence electrons. The lowest BCUT2D eigenvalue weighted by Crippen LogP contribution is -2.39. The predicted octanol–water partition coefficient (Wildman–Crippen LogP) is 1.66. The third-order valence-corrected chi connectivity index (χ3v) is 5.49. The molecule has 0 spiro atoms. The van der Waals surface area contributed by atoms with Crippen molar-refractivity contribution in [3.63, 3.8) is 0 Å². The van der Waals surface area contributed by atoms with Gasteiger partial charge in [-0.15, -0.1) is 0 Å². The zero-order valence-electron chi connectivity index (χ0n) is 16.2. The van der Waals surface area contributed by atoms with Gasteiger partial charge in [-0.05, 0) is 30.8 Å². The smallest absolute Gasteiger partial charge is 0.213 e. The predicted molar refractivity (Wildman–Crippen MR) is 103 cm³/mol. The largest absolute Gasteiger partial charge is 0.497 e. The van der Waals surface area contributed by atoms with E-state index < -0.39 is 10.0 Å². The minimum Gasteiger partial charge on any atom is -0.497 e. The zero-order chi connectivity index (χ0) is 19.4. The lowest BCUT2D eigenvalue weighted by molar-refractivity contribution is 0.0784. The summed E-state index contributed by atoms with van der Waals surface area (Å²) in [4.78, 5) is 2.22. The molecule has 0 fully saturated rings. The first-order chi connectivity index (χ1) is 12.5. The van der Waals surface area contributed by atoms with Crippen LogP contribution in [0.4, 0.5) is 0 Å². The van der Waals surface area contributed by atoms with Gasteiger partial charge in [0.25, 0.3) is 0 Å². The van der Waals surface area contributed by atoms with Crippen molar-refractivity contribution in [3.8, 4) is 5.75 Å². The van der Waals surface area contributed by atoms with E-state index in [4.69, 9.17) is 14.2 Å². The Labute approximate surface area is 157 Å². The molecule has 0 heterocycles. The normalized spacial score (nSPS) is 13.1. The number of nitrogens with zero attached hydrogens (tertiary/aromatic N) is 1. The molecular weight excluding hydrogens is 356 g/mol. The van der Waals surface area contributed by atoms with Crippen molar-refractivity contribution in [2.75, 3.05) is 59.4 Å². The van der Waals surface area contributed by atoms with Crippen molar-refractivity contribution in [2.45, 2.75) is 19.9 Å². The summed E-state index contributed by atoms with van der Waals surface area (Å²) in [5, 5.41) is 0. The van der Waals surface area contributed by atoms with Gasteiger partial charge in [-0.25, -0.2) is 13.1 Å². The van der Waals surface area contributed by atoms with Gasteiger partial charge in [0, 0.05) is 19.7 Å². The monoisotopic (exact) mass is 388 g/mol. The molecule has 1 aromatic rings. The molecule has 1 unspecified atom stereocenters. The molecule has 8 heteroatoms. The van der Waals surface area contributed by atoms with Crippen molar-refractivity contribution >= 4 is 10.0 Å². The van der Waals surface area contributed by atoms with Crippen LogP contribution >= 0.6 is 0 Å². The van der Waals surface area contributed by atoms with Crippen molar-refractivity contribution in [1.29, 1.82) is 0 Å². The molecular formula is C18H32N2O5S. The fraction of sp³-hybridized carbons (Fsp3) is 0.667. The second-order valence-corrected chi connectivity index (χ2v) is 7.71. The summed E-state index contributed by atoms with van der Waals surface area (Å²) in [5.41, 5.74) is 1.05. The van der Waals surface area contributed by atoms with Crippen LogP contribution in [0.5, 0.6) is 5.75 Å². The van der Waals surface area contributed by atoms with Gasteiger partial charge in [-0.2, -0.15) is 0 Å². The Morgan fingerprint density at radius 3 is 2.23 bits per heavy atom. The lowest BCUT2D eigenvalue weighted by Gasteiger charge is -2.30. The van der Waals surface area contributed by atoms with E-state index in [0.29, 0.717) is 19.8 Å². The summed E-state index contributed by atoms with van der Waals surface area (Å²) < 4.78 is 42.5. The van der Waals surface area contributed by atoms with Crippen LogP contribution in [0.15, 0.2) is 24.3 Å². The Morgan fingerprint density at radius 2 is 1.69 bits per heavy atom. The van der Waals surface area contributed by atoms with Gasteiger partial charge in [0.05, 0.1) is 32.7 Å². The molecule has 1 rings (SSSR count). The van der Waals surface area contributed by atoms with Gasteiger partial charge in [-0.1, -0.05) is 26.0 Å². The van der Waals surface area contributed by atoms with E-state index in [9.17, 15) is 8.42 Å². The molecule has 0 aliphatic carbocycles. The summed E-state index contributed by atoms with van der Waals surface area (Å²) in [6.07, 6.45) is 0. The summed E-state index contributed by atoms with van der Waals surface area (Å²) in [7, 11) is -0.200. The first-order valence-corrected chi connectivity index (χ1v) is 10.5. The number of hydrogen-bond donors (Lipinski definition) is 1. The Hall–Kier alpha value is -1.19. The van der Waals surface area contributed by atoms with Gasteiger partial charge >= 0.3 is 0 Å². The zero-order valence-corrected chi connectivity index (χ0v) is 17.0. The van der Waals surface area contributed by atoms with Crippen molar-refractivity contribution in [2.24, 2.45) is 0 Å². The Bertz CT molecular complexity index is 588. The van der Waals surface area contributed by atoms with E-state index >= 15 is 0 Å². The molecule has 0 aliphatic heterocycles. The van der Waals surface area contributed by atoms with Crippen LogP contribution in [0.1, 0.15) is 25.5 Å². The number of benzene rings is 1. The number of sulfonamides is 1. The third-order valence-electron chi connectivity index (χ3n) is 4.18. The van der Waals surface area contributed by atoms with Gasteiger partial charge in [0.15, 0.2) is 0 Å². The van der Waals surface area contributed by atoms with Gasteiger partial charge in [0.1, 0.15) is 5.75 Å². The number of ether oxygens (including phenoxy) is 3. The van der Waals surface area contributed by atoms with E-state index in [1.54, 1.807) is 14.2 Å². The highest BCUT2D eigenvalue weighted by Gasteiger charge is 2.21. The van der Waals surface area contributed by atoms with Crippen LogP contribution in [0.25, 0.3) is 0 Å². The second kappa shape index (κ2) is 12.2. The minimum absolute atomic E-state index is 0.0416. The molecule has 0 saturated carbocycles. The molecule has 0 bridgehead atoms. The van der Waals surface area contributed by atoms with E-state index in [2.05, 4.69) is 23.5 Å². The van der Waals surface area contributed by atoms with E-state index in [-0.39, 0.29) is 18.4 Å². The van der Waals surface area contributed by atoms with Crippen LogP contribution < -0.4 is 9.46 Å². The first kappa shape index (κ1) is 22.9. The highest BCUT2D eigenvalue weighted by Crippen LogP contribution is 2.22. The maximum atomic E-state index is 12.2. The fourth-order valence-corrected chi connectivity index (χ4v) is 3.53. The molecule has 1 aromatic carbocycles. The Balaban J connectivity index is 2.70. The second-order valence-electron chi connectivity index (χ2n) is 5.78. The molecule has 1 N–H and O–H groups in total. The van der Waals surface area contributed by atoms with Crippen molar-refractivity contribution in [1.82, 2.24) is 9.62 Å². The Morgan fingerprint density at radius 1 is 1.04 bits per heavy atom. The quantitative estimate of drug-likeness (QED) is 0.489. The standard InChI is InChI=1S/C18H32N2O5S/c1-5-20(6-2)18(16-7-9-17(24-4)10-8-16)15-19-26(21,22)14-13-25-12-11-23-3/h7-10,18-19H,5-6,11-15H2,1-4H3. The highest BCUT2D eigenvalue weighted by atomic mass is 32.2. The topological polar surface area (TPSA) is 77.1 Å². The Kier molecular flexibility index (Phi) is 10.8. The average molecular weight is 389 g/mol. The van der Waals surface area contributed by atoms with Gasteiger partial charge in [-0.3, -0.25) is 4.90 Å². The minimum atomic E-state index is -3.40. The number of rotatable bonds is 14. The maximum Gasteiger partial charge on any atom is 0.213 e. The number of methoxy groups -OCH3 is 2. The van der Waals surface area contributed by atoms with Crippen LogP contribution in [0.2, 0.25) is 0 Å². The summed E-state index contributed by atoms with van der Waals surface area (Å²) >= 11 is 0. The number of hydrogen-bond acceptors (Lipinski definition) is 6. The van der Waals surface area contributed by atoms with Crippen LogP contribution in [-0.2, 0) is 19.5 Å². The first-order valence-electron chi connectivity index (χ1n) is 8.89. The highest BCUT2D eigenvalue weighted by molar-refractivity contribution is 7.89. The molecule has 26 heavy (non-hydrogen) atoms. The van der Waals surface area contributed by atoms with E-state index in [0.717, 1.165) is 24.4 Å². The number of nitrogens with one attached hydrogen (secondary N) is 1. The van der Waals surface area contributed by atoms with Gasteiger partial charge < -0.3 is 14.2 Å². The van der Waals surface area contributed by atoms with Gasteiger partial charge in [0.2, 0.25) is 10.0 Å². The molecule has 7 nitrogen and oxygen atoms in total. The van der Waals surface area contributed by atoms with Crippen LogP contribution in [0.3, 0.4) is 0 Å². The van der Waals surface area contributed by atoms with E-state index in [1.807, 2.05) is 24.3 Å². The molecule has 0 saturated heterocycles.